The summed E-state index contributed by atoms with van der Waals surface area (Å²) in [7, 11) is 1.63. The predicted molar refractivity (Wildman–Crippen MR) is 121 cm³/mol. The number of hydrogen-bond acceptors (Lipinski definition) is 7. The van der Waals surface area contributed by atoms with Gasteiger partial charge >= 0.3 is 12.1 Å². The molecule has 2 aromatic rings. The first-order valence-corrected chi connectivity index (χ1v) is 10.5. The maximum Gasteiger partial charge on any atom is 0.336 e. The van der Waals surface area contributed by atoms with Crippen molar-refractivity contribution in [2.75, 3.05) is 45.3 Å². The van der Waals surface area contributed by atoms with Crippen LogP contribution < -0.4 is 26.2 Å². The first-order chi connectivity index (χ1) is 15.5. The zero-order valence-electron chi connectivity index (χ0n) is 18.4. The quantitative estimate of drug-likeness (QED) is 0.222. The van der Waals surface area contributed by atoms with Crippen LogP contribution in [0.2, 0.25) is 0 Å². The highest BCUT2D eigenvalue weighted by atomic mass is 16.5. The zero-order valence-corrected chi connectivity index (χ0v) is 18.4. The number of amides is 4. The molecule has 0 aliphatic rings. The molecule has 1 aromatic carbocycles. The second kappa shape index (κ2) is 13.2. The van der Waals surface area contributed by atoms with Crippen LogP contribution in [0, 0.1) is 0 Å². The summed E-state index contributed by atoms with van der Waals surface area (Å²) in [4.78, 5) is 29.4. The number of ether oxygens (including phenoxy) is 1. The van der Waals surface area contributed by atoms with Gasteiger partial charge in [-0.2, -0.15) is 0 Å². The van der Waals surface area contributed by atoms with Crippen LogP contribution in [0.15, 0.2) is 30.5 Å². The van der Waals surface area contributed by atoms with Gasteiger partial charge in [-0.15, -0.1) is 0 Å². The maximum atomic E-state index is 11.9. The summed E-state index contributed by atoms with van der Waals surface area (Å²) in [6.07, 6.45) is 3.25. The van der Waals surface area contributed by atoms with Gasteiger partial charge in [0, 0.05) is 43.3 Å². The molecule has 1 unspecified atom stereocenters. The normalized spacial score (nSPS) is 11.5. The molecule has 2 rings (SSSR count). The second-order valence-corrected chi connectivity index (χ2v) is 7.18. The molecule has 1 heterocycles. The Morgan fingerprint density at radius 3 is 2.62 bits per heavy atom. The third kappa shape index (κ3) is 7.75. The Morgan fingerprint density at radius 1 is 1.19 bits per heavy atom. The van der Waals surface area contributed by atoms with E-state index in [1.807, 2.05) is 31.2 Å². The number of rotatable bonds is 11. The minimum atomic E-state index is -0.611. The summed E-state index contributed by atoms with van der Waals surface area (Å²) in [5.41, 5.74) is 6.23. The molecule has 0 spiro atoms. The van der Waals surface area contributed by atoms with Gasteiger partial charge in [0.05, 0.1) is 31.5 Å². The summed E-state index contributed by atoms with van der Waals surface area (Å²) >= 11 is 0. The number of aliphatic hydroxyl groups excluding tert-OH is 2. The minimum absolute atomic E-state index is 0.0542. The molecular weight excluding hydrogens is 416 g/mol. The molecule has 0 radical (unpaired) electrons. The lowest BCUT2D eigenvalue weighted by atomic mass is 10.1. The molecule has 0 aliphatic carbocycles. The van der Waals surface area contributed by atoms with Crippen molar-refractivity contribution in [2.24, 2.45) is 0 Å². The lowest BCUT2D eigenvalue weighted by molar-refractivity contribution is 0.155. The van der Waals surface area contributed by atoms with Crippen molar-refractivity contribution in [1.82, 2.24) is 26.1 Å². The third-order valence-corrected chi connectivity index (χ3v) is 4.73. The number of hydrogen-bond donors (Lipinski definition) is 6. The van der Waals surface area contributed by atoms with E-state index in [2.05, 4.69) is 26.5 Å². The molecule has 0 aliphatic heterocycles. The summed E-state index contributed by atoms with van der Waals surface area (Å²) in [6.45, 7) is 2.09. The Balaban J connectivity index is 1.73. The fourth-order valence-electron chi connectivity index (χ4n) is 3.13. The van der Waals surface area contributed by atoms with Gasteiger partial charge in [0.25, 0.3) is 0 Å². The van der Waals surface area contributed by atoms with Gasteiger partial charge in [0.15, 0.2) is 0 Å². The summed E-state index contributed by atoms with van der Waals surface area (Å²) in [6, 6.07) is 6.68. The van der Waals surface area contributed by atoms with Gasteiger partial charge in [0.1, 0.15) is 5.75 Å². The van der Waals surface area contributed by atoms with Crippen molar-refractivity contribution in [3.8, 4) is 5.75 Å². The van der Waals surface area contributed by atoms with Crippen molar-refractivity contribution in [2.45, 2.75) is 25.8 Å². The van der Waals surface area contributed by atoms with Crippen LogP contribution in [-0.4, -0.2) is 78.2 Å². The first-order valence-electron chi connectivity index (χ1n) is 10.5. The molecule has 1 atom stereocenters. The number of pyridine rings is 1. The Morgan fingerprint density at radius 2 is 1.94 bits per heavy atom. The molecule has 0 saturated carbocycles. The minimum Gasteiger partial charge on any atom is -0.497 e. The van der Waals surface area contributed by atoms with Crippen LogP contribution >= 0.6 is 0 Å². The van der Waals surface area contributed by atoms with E-state index in [4.69, 9.17) is 14.9 Å². The number of fused-ring (bicyclic) bond motifs is 1. The van der Waals surface area contributed by atoms with Gasteiger partial charge in [-0.1, -0.05) is 6.07 Å². The van der Waals surface area contributed by atoms with Gasteiger partial charge in [-0.05, 0) is 31.9 Å². The number of carbonyl (C=O) groups excluding carboxylic acids is 2. The monoisotopic (exact) mass is 448 g/mol. The van der Waals surface area contributed by atoms with E-state index in [9.17, 15) is 9.59 Å². The van der Waals surface area contributed by atoms with Crippen LogP contribution in [0.3, 0.4) is 0 Å². The van der Waals surface area contributed by atoms with Crippen LogP contribution in [0.5, 0.6) is 5.75 Å². The number of benzene rings is 1. The smallest absolute Gasteiger partial charge is 0.336 e. The van der Waals surface area contributed by atoms with Gasteiger partial charge in [0.2, 0.25) is 0 Å². The van der Waals surface area contributed by atoms with Crippen molar-refractivity contribution in [3.63, 3.8) is 0 Å². The number of carbonyl (C=O) groups is 2. The lowest BCUT2D eigenvalue weighted by Crippen LogP contribution is -2.52. The molecule has 0 saturated heterocycles. The number of aromatic nitrogens is 1. The third-order valence-electron chi connectivity index (χ3n) is 4.73. The highest BCUT2D eigenvalue weighted by molar-refractivity contribution is 5.91. The first kappa shape index (κ1) is 25.0. The van der Waals surface area contributed by atoms with E-state index < -0.39 is 12.1 Å². The molecule has 176 valence electrons. The molecule has 1 aromatic heterocycles. The van der Waals surface area contributed by atoms with Crippen LogP contribution in [-0.2, 0) is 0 Å². The Hall–Kier alpha value is -3.31. The zero-order chi connectivity index (χ0) is 23.3. The average molecular weight is 449 g/mol. The highest BCUT2D eigenvalue weighted by Gasteiger charge is 2.13. The molecule has 32 heavy (non-hydrogen) atoms. The molecule has 0 fully saturated rings. The molecule has 4 amide bonds. The van der Waals surface area contributed by atoms with Crippen LogP contribution in [0.25, 0.3) is 10.9 Å². The maximum absolute atomic E-state index is 11.9. The van der Waals surface area contributed by atoms with Crippen molar-refractivity contribution in [3.05, 3.63) is 30.5 Å². The molecule has 11 nitrogen and oxygen atoms in total. The molecule has 0 bridgehead atoms. The SMILES string of the molecule is COc1cc(NC(C)CCCNC(=O)NNC(=O)N(CCO)CCO)c2ncccc2c1. The summed E-state index contributed by atoms with van der Waals surface area (Å²) in [5, 5.41) is 25.0. The molecule has 11 heteroatoms. The fraction of sp³-hybridized carbons (Fsp3) is 0.476. The number of nitrogens with one attached hydrogen (secondary N) is 4. The predicted octanol–water partition coefficient (Wildman–Crippen LogP) is 1.03. The van der Waals surface area contributed by atoms with Crippen molar-refractivity contribution >= 4 is 28.7 Å². The van der Waals surface area contributed by atoms with Crippen LogP contribution in [0.4, 0.5) is 15.3 Å². The number of urea groups is 2. The number of aliphatic hydroxyl groups is 2. The van der Waals surface area contributed by atoms with E-state index in [0.29, 0.717) is 13.0 Å². The van der Waals surface area contributed by atoms with Crippen LogP contribution in [0.1, 0.15) is 19.8 Å². The van der Waals surface area contributed by atoms with Gasteiger partial charge in [-0.3, -0.25) is 4.98 Å². The standard InChI is InChI=1S/C21H32N6O5/c1-15(24-18-14-17(32-2)13-16-6-4-7-22-19(16)18)5-3-8-23-20(30)25-26-21(31)27(9-11-28)10-12-29/h4,6-7,13-15,24,28-29H,3,5,8-12H2,1-2H3,(H,26,31)(H2,23,25,30). The summed E-state index contributed by atoms with van der Waals surface area (Å²) in [5.74, 6) is 0.747. The summed E-state index contributed by atoms with van der Waals surface area (Å²) < 4.78 is 5.37. The molecular formula is C21H32N6O5. The fourth-order valence-corrected chi connectivity index (χ4v) is 3.13. The van der Waals surface area contributed by atoms with E-state index in [1.165, 1.54) is 4.90 Å². The lowest BCUT2D eigenvalue weighted by Gasteiger charge is -2.21. The van der Waals surface area contributed by atoms with E-state index in [0.717, 1.165) is 28.8 Å². The topological polar surface area (TPSA) is 148 Å². The average Bonchev–Trinajstić information content (AvgIpc) is 2.80. The van der Waals surface area contributed by atoms with Crippen molar-refractivity contribution in [1.29, 1.82) is 0 Å². The van der Waals surface area contributed by atoms with Crippen molar-refractivity contribution < 1.29 is 24.5 Å². The van der Waals surface area contributed by atoms with E-state index in [-0.39, 0.29) is 32.3 Å². The van der Waals surface area contributed by atoms with Gasteiger partial charge < -0.3 is 30.5 Å². The van der Waals surface area contributed by atoms with Gasteiger partial charge in [-0.25, -0.2) is 20.4 Å². The number of anilines is 1. The highest BCUT2D eigenvalue weighted by Crippen LogP contribution is 2.28. The number of methoxy groups -OCH3 is 1. The Labute approximate surface area is 187 Å². The largest absolute Gasteiger partial charge is 0.497 e. The number of nitrogens with zero attached hydrogens (tertiary/aromatic N) is 2. The second-order valence-electron chi connectivity index (χ2n) is 7.18. The van der Waals surface area contributed by atoms with E-state index >= 15 is 0 Å². The Bertz CT molecular complexity index is 875. The molecule has 6 N–H and O–H groups in total. The number of hydrazine groups is 1. The Kier molecular flexibility index (Phi) is 10.3. The van der Waals surface area contributed by atoms with E-state index in [1.54, 1.807) is 13.3 Å².